The molecule has 7 heteroatoms. The SMILES string of the molecule is Cc1ccc(N([C@@H](C)C(=O)NC[C@H]2CCCO2)S(C)(=O)=O)cc1. The fourth-order valence-corrected chi connectivity index (χ4v) is 3.84. The van der Waals surface area contributed by atoms with Gasteiger partial charge in [0.25, 0.3) is 0 Å². The molecule has 23 heavy (non-hydrogen) atoms. The lowest BCUT2D eigenvalue weighted by Crippen LogP contribution is -2.49. The van der Waals surface area contributed by atoms with Gasteiger partial charge in [-0.1, -0.05) is 17.7 Å². The van der Waals surface area contributed by atoms with E-state index in [1.165, 1.54) is 0 Å². The van der Waals surface area contributed by atoms with Crippen molar-refractivity contribution in [2.24, 2.45) is 0 Å². The number of aryl methyl sites for hydroxylation is 1. The molecule has 1 aliphatic heterocycles. The number of rotatable bonds is 6. The van der Waals surface area contributed by atoms with Gasteiger partial charge < -0.3 is 10.1 Å². The third-order valence-electron chi connectivity index (χ3n) is 3.90. The van der Waals surface area contributed by atoms with Crippen LogP contribution in [0.2, 0.25) is 0 Å². The number of hydrogen-bond donors (Lipinski definition) is 1. The molecule has 0 radical (unpaired) electrons. The summed E-state index contributed by atoms with van der Waals surface area (Å²) in [5.41, 5.74) is 1.51. The van der Waals surface area contributed by atoms with E-state index in [4.69, 9.17) is 4.74 Å². The molecule has 1 N–H and O–H groups in total. The molecule has 1 heterocycles. The second kappa shape index (κ2) is 7.31. The van der Waals surface area contributed by atoms with E-state index in [-0.39, 0.29) is 12.0 Å². The van der Waals surface area contributed by atoms with Gasteiger partial charge in [0.05, 0.1) is 18.0 Å². The Morgan fingerprint density at radius 3 is 2.57 bits per heavy atom. The number of ether oxygens (including phenoxy) is 1. The topological polar surface area (TPSA) is 75.7 Å². The molecule has 0 spiro atoms. The average molecular weight is 340 g/mol. The van der Waals surface area contributed by atoms with Gasteiger partial charge in [-0.15, -0.1) is 0 Å². The van der Waals surface area contributed by atoms with Gasteiger partial charge >= 0.3 is 0 Å². The summed E-state index contributed by atoms with van der Waals surface area (Å²) in [4.78, 5) is 12.4. The largest absolute Gasteiger partial charge is 0.376 e. The van der Waals surface area contributed by atoms with Crippen molar-refractivity contribution < 1.29 is 17.9 Å². The van der Waals surface area contributed by atoms with Crippen molar-refractivity contribution in [3.63, 3.8) is 0 Å². The molecular weight excluding hydrogens is 316 g/mol. The van der Waals surface area contributed by atoms with Crippen LogP contribution in [0.3, 0.4) is 0 Å². The van der Waals surface area contributed by atoms with E-state index < -0.39 is 16.1 Å². The number of carbonyl (C=O) groups excluding carboxylic acids is 1. The zero-order valence-corrected chi connectivity index (χ0v) is 14.6. The minimum Gasteiger partial charge on any atom is -0.376 e. The fourth-order valence-electron chi connectivity index (χ4n) is 2.67. The summed E-state index contributed by atoms with van der Waals surface area (Å²) in [6.07, 6.45) is 3.05. The number of benzene rings is 1. The third kappa shape index (κ3) is 4.68. The molecule has 1 saturated heterocycles. The summed E-state index contributed by atoms with van der Waals surface area (Å²) >= 11 is 0. The number of nitrogens with one attached hydrogen (secondary N) is 1. The lowest BCUT2D eigenvalue weighted by Gasteiger charge is -2.28. The molecule has 1 amide bonds. The molecule has 128 valence electrons. The van der Waals surface area contributed by atoms with Crippen molar-refractivity contribution in [2.75, 3.05) is 23.7 Å². The van der Waals surface area contributed by atoms with Crippen LogP contribution in [0.5, 0.6) is 0 Å². The molecule has 0 aromatic heterocycles. The summed E-state index contributed by atoms with van der Waals surface area (Å²) in [6.45, 7) is 4.64. The Morgan fingerprint density at radius 1 is 1.39 bits per heavy atom. The van der Waals surface area contributed by atoms with Crippen molar-refractivity contribution in [3.8, 4) is 0 Å². The maximum atomic E-state index is 12.4. The number of carbonyl (C=O) groups is 1. The molecule has 2 rings (SSSR count). The minimum absolute atomic E-state index is 0.0252. The maximum Gasteiger partial charge on any atom is 0.243 e. The van der Waals surface area contributed by atoms with E-state index in [0.717, 1.165) is 35.6 Å². The minimum atomic E-state index is -3.57. The number of hydrogen-bond acceptors (Lipinski definition) is 4. The summed E-state index contributed by atoms with van der Waals surface area (Å²) in [7, 11) is -3.57. The van der Waals surface area contributed by atoms with E-state index in [1.807, 2.05) is 19.1 Å². The number of nitrogens with zero attached hydrogens (tertiary/aromatic N) is 1. The zero-order valence-electron chi connectivity index (χ0n) is 13.8. The zero-order chi connectivity index (χ0) is 17.0. The first-order valence-electron chi connectivity index (χ1n) is 7.74. The highest BCUT2D eigenvalue weighted by Gasteiger charge is 2.29. The van der Waals surface area contributed by atoms with E-state index in [1.54, 1.807) is 19.1 Å². The van der Waals surface area contributed by atoms with Gasteiger partial charge in [-0.25, -0.2) is 8.42 Å². The molecule has 0 bridgehead atoms. The Balaban J connectivity index is 2.11. The molecule has 0 saturated carbocycles. The summed E-state index contributed by atoms with van der Waals surface area (Å²) in [5.74, 6) is -0.327. The van der Waals surface area contributed by atoms with Crippen molar-refractivity contribution in [1.29, 1.82) is 0 Å². The van der Waals surface area contributed by atoms with Gasteiger partial charge in [-0.05, 0) is 38.8 Å². The molecule has 1 aromatic rings. The van der Waals surface area contributed by atoms with Crippen molar-refractivity contribution in [2.45, 2.75) is 38.8 Å². The van der Waals surface area contributed by atoms with Crippen LogP contribution in [0, 0.1) is 6.92 Å². The average Bonchev–Trinajstić information content (AvgIpc) is 2.99. The Hall–Kier alpha value is -1.60. The van der Waals surface area contributed by atoms with E-state index in [2.05, 4.69) is 5.32 Å². The maximum absolute atomic E-state index is 12.4. The van der Waals surface area contributed by atoms with Crippen molar-refractivity contribution in [1.82, 2.24) is 5.32 Å². The molecule has 0 unspecified atom stereocenters. The van der Waals surface area contributed by atoms with Crippen LogP contribution in [0.25, 0.3) is 0 Å². The van der Waals surface area contributed by atoms with Crippen LogP contribution < -0.4 is 9.62 Å². The molecule has 0 aliphatic carbocycles. The highest BCUT2D eigenvalue weighted by Crippen LogP contribution is 2.21. The van der Waals surface area contributed by atoms with Gasteiger partial charge in [0, 0.05) is 13.2 Å². The van der Waals surface area contributed by atoms with E-state index >= 15 is 0 Å². The molecular formula is C16H24N2O4S. The standard InChI is InChI=1S/C16H24N2O4S/c1-12-6-8-14(9-7-12)18(23(3,20)21)13(2)16(19)17-11-15-5-4-10-22-15/h6-9,13,15H,4-5,10-11H2,1-3H3,(H,17,19)/t13-,15+/m0/s1. The quantitative estimate of drug-likeness (QED) is 0.850. The Kier molecular flexibility index (Phi) is 5.64. The Bertz CT molecular complexity index is 637. The Labute approximate surface area is 137 Å². The highest BCUT2D eigenvalue weighted by molar-refractivity contribution is 7.92. The second-order valence-electron chi connectivity index (χ2n) is 5.95. The van der Waals surface area contributed by atoms with Crippen LogP contribution in [0.1, 0.15) is 25.3 Å². The summed E-state index contributed by atoms with van der Waals surface area (Å²) < 4.78 is 30.9. The van der Waals surface area contributed by atoms with Gasteiger partial charge in [0.1, 0.15) is 6.04 Å². The molecule has 1 fully saturated rings. The van der Waals surface area contributed by atoms with Crippen LogP contribution in [0.4, 0.5) is 5.69 Å². The smallest absolute Gasteiger partial charge is 0.243 e. The van der Waals surface area contributed by atoms with Crippen LogP contribution in [-0.2, 0) is 19.6 Å². The third-order valence-corrected chi connectivity index (χ3v) is 5.15. The van der Waals surface area contributed by atoms with Crippen LogP contribution in [-0.4, -0.2) is 45.9 Å². The summed E-state index contributed by atoms with van der Waals surface area (Å²) in [5, 5.41) is 2.79. The van der Waals surface area contributed by atoms with E-state index in [0.29, 0.717) is 12.2 Å². The first-order chi connectivity index (χ1) is 10.8. The van der Waals surface area contributed by atoms with Crippen molar-refractivity contribution >= 4 is 21.6 Å². The normalized spacial score (nSPS) is 19.3. The van der Waals surface area contributed by atoms with Gasteiger partial charge in [0.15, 0.2) is 0 Å². The highest BCUT2D eigenvalue weighted by atomic mass is 32.2. The van der Waals surface area contributed by atoms with Crippen LogP contribution >= 0.6 is 0 Å². The number of amides is 1. The Morgan fingerprint density at radius 2 is 2.04 bits per heavy atom. The predicted octanol–water partition coefficient (Wildman–Crippen LogP) is 1.44. The van der Waals surface area contributed by atoms with Crippen molar-refractivity contribution in [3.05, 3.63) is 29.8 Å². The van der Waals surface area contributed by atoms with E-state index in [9.17, 15) is 13.2 Å². The molecule has 1 aromatic carbocycles. The first kappa shape index (κ1) is 17.7. The lowest BCUT2D eigenvalue weighted by molar-refractivity contribution is -0.122. The van der Waals surface area contributed by atoms with Crippen LogP contribution in [0.15, 0.2) is 24.3 Å². The molecule has 2 atom stereocenters. The predicted molar refractivity (Wildman–Crippen MR) is 89.9 cm³/mol. The molecule has 6 nitrogen and oxygen atoms in total. The second-order valence-corrected chi connectivity index (χ2v) is 7.81. The number of sulfonamides is 1. The molecule has 1 aliphatic rings. The lowest BCUT2D eigenvalue weighted by atomic mass is 10.2. The van der Waals surface area contributed by atoms with Gasteiger partial charge in [0.2, 0.25) is 15.9 Å². The summed E-state index contributed by atoms with van der Waals surface area (Å²) in [6, 6.07) is 6.24. The van der Waals surface area contributed by atoms with Gasteiger partial charge in [-0.2, -0.15) is 0 Å². The fraction of sp³-hybridized carbons (Fsp3) is 0.562. The monoisotopic (exact) mass is 340 g/mol. The first-order valence-corrected chi connectivity index (χ1v) is 9.59. The van der Waals surface area contributed by atoms with Gasteiger partial charge in [-0.3, -0.25) is 9.10 Å². The number of anilines is 1.